The number of rotatable bonds is 2. The molecule has 0 amide bonds. The first kappa shape index (κ1) is 11.3. The van der Waals surface area contributed by atoms with E-state index in [9.17, 15) is 0 Å². The molecule has 0 aliphatic carbocycles. The normalized spacial score (nSPS) is 18.8. The Labute approximate surface area is 98.1 Å². The lowest BCUT2D eigenvalue weighted by Gasteiger charge is -2.27. The largest absolute Gasteiger partial charge is 0.485 e. The smallest absolute Gasteiger partial charge is 0.130 e. The van der Waals surface area contributed by atoms with E-state index >= 15 is 0 Å². The van der Waals surface area contributed by atoms with E-state index < -0.39 is 0 Å². The van der Waals surface area contributed by atoms with Gasteiger partial charge in [-0.3, -0.25) is 0 Å². The van der Waals surface area contributed by atoms with E-state index in [1.54, 1.807) is 0 Å². The Morgan fingerprint density at radius 1 is 1.12 bits per heavy atom. The quantitative estimate of drug-likeness (QED) is 0.718. The first-order chi connectivity index (χ1) is 7.59. The van der Waals surface area contributed by atoms with E-state index in [0.29, 0.717) is 11.8 Å². The van der Waals surface area contributed by atoms with Crippen molar-refractivity contribution < 1.29 is 4.74 Å². The molecule has 1 heteroatoms. The second-order valence-electron chi connectivity index (χ2n) is 5.11. The average Bonchev–Trinajstić information content (AvgIpc) is 2.27. The first-order valence-corrected chi connectivity index (χ1v) is 6.07. The van der Waals surface area contributed by atoms with Crippen molar-refractivity contribution in [2.45, 2.75) is 39.7 Å². The summed E-state index contributed by atoms with van der Waals surface area (Å²) >= 11 is 0. The molecule has 0 saturated carbocycles. The van der Waals surface area contributed by atoms with Crippen LogP contribution in [0, 0.1) is 5.92 Å². The minimum absolute atomic E-state index is 0.215. The van der Waals surface area contributed by atoms with Crippen molar-refractivity contribution in [1.29, 1.82) is 0 Å². The molecule has 16 heavy (non-hydrogen) atoms. The minimum Gasteiger partial charge on any atom is -0.485 e. The van der Waals surface area contributed by atoms with Crippen LogP contribution < -0.4 is 4.74 Å². The van der Waals surface area contributed by atoms with Crippen molar-refractivity contribution in [3.63, 3.8) is 0 Å². The van der Waals surface area contributed by atoms with Crippen molar-refractivity contribution in [3.05, 3.63) is 35.4 Å². The Morgan fingerprint density at radius 2 is 1.88 bits per heavy atom. The molecule has 1 aromatic carbocycles. The predicted octanol–water partition coefficient (Wildman–Crippen LogP) is 4.24. The van der Waals surface area contributed by atoms with Gasteiger partial charge >= 0.3 is 0 Å². The van der Waals surface area contributed by atoms with E-state index in [2.05, 4.69) is 58.0 Å². The molecule has 0 aromatic heterocycles. The van der Waals surface area contributed by atoms with E-state index in [1.807, 2.05) is 0 Å². The van der Waals surface area contributed by atoms with Gasteiger partial charge in [0.05, 0.1) is 0 Å². The molecule has 0 saturated heterocycles. The zero-order valence-electron chi connectivity index (χ0n) is 10.5. The fraction of sp³-hybridized carbons (Fsp3) is 0.467. The van der Waals surface area contributed by atoms with Crippen LogP contribution in [-0.4, -0.2) is 6.10 Å². The van der Waals surface area contributed by atoms with Crippen LogP contribution in [0.25, 0.3) is 6.08 Å². The highest BCUT2D eigenvalue weighted by Crippen LogP contribution is 2.35. The Morgan fingerprint density at radius 3 is 2.50 bits per heavy atom. The lowest BCUT2D eigenvalue weighted by atomic mass is 9.95. The summed E-state index contributed by atoms with van der Waals surface area (Å²) in [4.78, 5) is 0. The molecule has 0 radical (unpaired) electrons. The van der Waals surface area contributed by atoms with Crippen LogP contribution in [-0.2, 0) is 0 Å². The van der Waals surface area contributed by atoms with Gasteiger partial charge in [-0.15, -0.1) is 0 Å². The summed E-state index contributed by atoms with van der Waals surface area (Å²) < 4.78 is 6.10. The van der Waals surface area contributed by atoms with Gasteiger partial charge in [0.25, 0.3) is 0 Å². The van der Waals surface area contributed by atoms with Crippen molar-refractivity contribution in [2.24, 2.45) is 5.92 Å². The molecular weight excluding hydrogens is 196 g/mol. The molecule has 0 fully saturated rings. The van der Waals surface area contributed by atoms with E-state index in [-0.39, 0.29) is 6.10 Å². The number of hydrogen-bond donors (Lipinski definition) is 0. The summed E-state index contributed by atoms with van der Waals surface area (Å²) in [6, 6.07) is 6.39. The SMILES string of the molecule is CC(C)c1cccc2c1O[C@H](C(C)C)C=C2. The van der Waals surface area contributed by atoms with Crippen molar-refractivity contribution >= 4 is 6.08 Å². The molecule has 1 nitrogen and oxygen atoms in total. The van der Waals surface area contributed by atoms with Crippen LogP contribution in [0.3, 0.4) is 0 Å². The Bertz CT molecular complexity index is 402. The molecule has 0 unspecified atom stereocenters. The molecule has 0 bridgehead atoms. The molecule has 2 rings (SSSR count). The highest BCUT2D eigenvalue weighted by Gasteiger charge is 2.20. The summed E-state index contributed by atoms with van der Waals surface area (Å²) in [7, 11) is 0. The molecule has 0 spiro atoms. The molecule has 1 aliphatic heterocycles. The second kappa shape index (κ2) is 4.32. The van der Waals surface area contributed by atoms with Crippen LogP contribution >= 0.6 is 0 Å². The van der Waals surface area contributed by atoms with Crippen LogP contribution in [0.4, 0.5) is 0 Å². The summed E-state index contributed by atoms with van der Waals surface area (Å²) in [6.45, 7) is 8.80. The third-order valence-corrected chi connectivity index (χ3v) is 3.07. The van der Waals surface area contributed by atoms with E-state index in [4.69, 9.17) is 4.74 Å². The molecule has 1 atom stereocenters. The lowest BCUT2D eigenvalue weighted by molar-refractivity contribution is 0.192. The summed E-state index contributed by atoms with van der Waals surface area (Å²) in [5.74, 6) is 2.11. The van der Waals surface area contributed by atoms with Gasteiger partial charge in [0.15, 0.2) is 0 Å². The minimum atomic E-state index is 0.215. The number of fused-ring (bicyclic) bond motifs is 1. The molecule has 1 heterocycles. The van der Waals surface area contributed by atoms with E-state index in [0.717, 1.165) is 5.75 Å². The van der Waals surface area contributed by atoms with Crippen LogP contribution in [0.1, 0.15) is 44.7 Å². The molecule has 1 aromatic rings. The van der Waals surface area contributed by atoms with Crippen LogP contribution in [0.5, 0.6) is 5.75 Å². The maximum atomic E-state index is 6.10. The topological polar surface area (TPSA) is 9.23 Å². The maximum Gasteiger partial charge on any atom is 0.130 e. The Balaban J connectivity index is 2.41. The fourth-order valence-electron chi connectivity index (χ4n) is 2.03. The Hall–Kier alpha value is -1.24. The van der Waals surface area contributed by atoms with Gasteiger partial charge in [-0.1, -0.05) is 52.0 Å². The van der Waals surface area contributed by atoms with E-state index in [1.165, 1.54) is 11.1 Å². The van der Waals surface area contributed by atoms with Crippen molar-refractivity contribution in [1.82, 2.24) is 0 Å². The van der Waals surface area contributed by atoms with Crippen molar-refractivity contribution in [2.75, 3.05) is 0 Å². The van der Waals surface area contributed by atoms with Gasteiger partial charge < -0.3 is 4.74 Å². The second-order valence-corrected chi connectivity index (χ2v) is 5.11. The molecule has 1 aliphatic rings. The standard InChI is InChI=1S/C15H20O/c1-10(2)13-7-5-6-12-8-9-14(11(3)4)16-15(12)13/h5-11,14H,1-4H3/t14-/m0/s1. The molecular formula is C15H20O. The van der Waals surface area contributed by atoms with Gasteiger partial charge in [-0.05, 0) is 23.5 Å². The third kappa shape index (κ3) is 1.99. The Kier molecular flexibility index (Phi) is 3.04. The summed E-state index contributed by atoms with van der Waals surface area (Å²) in [6.07, 6.45) is 4.57. The zero-order valence-corrected chi connectivity index (χ0v) is 10.5. The maximum absolute atomic E-state index is 6.10. The third-order valence-electron chi connectivity index (χ3n) is 3.07. The van der Waals surface area contributed by atoms with Gasteiger partial charge in [0.1, 0.15) is 11.9 Å². The predicted molar refractivity (Wildman–Crippen MR) is 68.8 cm³/mol. The molecule has 86 valence electrons. The zero-order chi connectivity index (χ0) is 11.7. The number of ether oxygens (including phenoxy) is 1. The van der Waals surface area contributed by atoms with Gasteiger partial charge in [-0.2, -0.15) is 0 Å². The van der Waals surface area contributed by atoms with Crippen LogP contribution in [0.15, 0.2) is 24.3 Å². The van der Waals surface area contributed by atoms with Gasteiger partial charge in [0, 0.05) is 5.56 Å². The number of benzene rings is 1. The highest BCUT2D eigenvalue weighted by atomic mass is 16.5. The number of para-hydroxylation sites is 1. The van der Waals surface area contributed by atoms with Crippen molar-refractivity contribution in [3.8, 4) is 5.75 Å². The fourth-order valence-corrected chi connectivity index (χ4v) is 2.03. The van der Waals surface area contributed by atoms with Crippen LogP contribution in [0.2, 0.25) is 0 Å². The monoisotopic (exact) mass is 216 g/mol. The van der Waals surface area contributed by atoms with Gasteiger partial charge in [0.2, 0.25) is 0 Å². The summed E-state index contributed by atoms with van der Waals surface area (Å²) in [5.41, 5.74) is 2.52. The van der Waals surface area contributed by atoms with Gasteiger partial charge in [-0.25, -0.2) is 0 Å². The lowest BCUT2D eigenvalue weighted by Crippen LogP contribution is -2.23. The first-order valence-electron chi connectivity index (χ1n) is 6.07. The number of hydrogen-bond acceptors (Lipinski definition) is 1. The highest BCUT2D eigenvalue weighted by molar-refractivity contribution is 5.63. The average molecular weight is 216 g/mol. The summed E-state index contributed by atoms with van der Waals surface area (Å²) in [5, 5.41) is 0. The molecule has 0 N–H and O–H groups in total.